The van der Waals surface area contributed by atoms with Crippen LogP contribution >= 0.6 is 11.8 Å². The molecule has 1 aliphatic rings. The molecule has 0 unspecified atom stereocenters. The van der Waals surface area contributed by atoms with Crippen LogP contribution in [0.1, 0.15) is 5.56 Å². The van der Waals surface area contributed by atoms with Crippen LogP contribution in [-0.4, -0.2) is 28.5 Å². The molecule has 0 spiro atoms. The zero-order chi connectivity index (χ0) is 15.7. The van der Waals surface area contributed by atoms with Gasteiger partial charge in [-0.25, -0.2) is 9.53 Å². The van der Waals surface area contributed by atoms with E-state index in [1.807, 2.05) is 12.1 Å². The molecule has 0 bridgehead atoms. The van der Waals surface area contributed by atoms with Gasteiger partial charge < -0.3 is 10.5 Å². The molecule has 0 radical (unpaired) electrons. The highest BCUT2D eigenvalue weighted by Gasteiger charge is 2.37. The molecule has 0 atom stereocenters. The lowest BCUT2D eigenvalue weighted by atomic mass is 10.2. The number of aromatic nitrogens is 2. The van der Waals surface area contributed by atoms with Crippen LogP contribution in [-0.2, 0) is 4.79 Å². The van der Waals surface area contributed by atoms with E-state index in [1.165, 1.54) is 0 Å². The fourth-order valence-corrected chi connectivity index (χ4v) is 2.72. The summed E-state index contributed by atoms with van der Waals surface area (Å²) in [5.41, 5.74) is 6.39. The third-order valence-corrected chi connectivity index (χ3v) is 3.83. The first-order valence-corrected chi connectivity index (χ1v) is 6.96. The van der Waals surface area contributed by atoms with E-state index in [1.54, 1.807) is 25.3 Å². The summed E-state index contributed by atoms with van der Waals surface area (Å²) in [7, 11) is 1.58. The van der Waals surface area contributed by atoms with Crippen molar-refractivity contribution >= 4 is 40.5 Å². The van der Waals surface area contributed by atoms with Gasteiger partial charge in [-0.2, -0.15) is 0 Å². The van der Waals surface area contributed by atoms with Crippen LogP contribution in [0.3, 0.4) is 0 Å². The fraction of sp³-hybridized carbons (Fsp3) is 0.0769. The van der Waals surface area contributed by atoms with Crippen LogP contribution < -0.4 is 15.4 Å². The van der Waals surface area contributed by atoms with Crippen LogP contribution in [0, 0.1) is 5.41 Å². The number of ether oxygens (including phenoxy) is 1. The summed E-state index contributed by atoms with van der Waals surface area (Å²) in [6.45, 7) is 0. The summed E-state index contributed by atoms with van der Waals surface area (Å²) in [6.07, 6.45) is 1.69. The number of benzene rings is 1. The number of nitrogen functional groups attached to an aromatic ring is 1. The van der Waals surface area contributed by atoms with E-state index >= 15 is 0 Å². The molecule has 0 saturated carbocycles. The van der Waals surface area contributed by atoms with Crippen molar-refractivity contribution in [3.8, 4) is 5.75 Å². The van der Waals surface area contributed by atoms with Crippen molar-refractivity contribution in [2.75, 3.05) is 17.7 Å². The van der Waals surface area contributed by atoms with Crippen molar-refractivity contribution < 1.29 is 14.2 Å². The zero-order valence-electron chi connectivity index (χ0n) is 11.4. The van der Waals surface area contributed by atoms with E-state index in [4.69, 9.17) is 15.9 Å². The lowest BCUT2D eigenvalue weighted by molar-refractivity contribution is -0.113. The number of anilines is 2. The van der Waals surface area contributed by atoms with Gasteiger partial charge in [-0.3, -0.25) is 10.2 Å². The van der Waals surface area contributed by atoms with Crippen molar-refractivity contribution in [2.24, 2.45) is 0 Å². The molecule has 1 fully saturated rings. The lowest BCUT2D eigenvalue weighted by Gasteiger charge is -2.09. The van der Waals surface area contributed by atoms with E-state index in [0.29, 0.717) is 4.91 Å². The Hall–Kier alpha value is -2.81. The maximum atomic E-state index is 12.4. The second-order valence-electron chi connectivity index (χ2n) is 4.30. The van der Waals surface area contributed by atoms with E-state index in [0.717, 1.165) is 28.0 Å². The van der Waals surface area contributed by atoms with Gasteiger partial charge in [0.05, 0.1) is 12.0 Å². The Morgan fingerprint density at radius 3 is 2.68 bits per heavy atom. The molecule has 112 valence electrons. The first-order valence-electron chi connectivity index (χ1n) is 6.15. The van der Waals surface area contributed by atoms with Crippen LogP contribution in [0.25, 0.3) is 6.08 Å². The summed E-state index contributed by atoms with van der Waals surface area (Å²) < 4.78 is 9.56. The third kappa shape index (κ3) is 2.42. The van der Waals surface area contributed by atoms with Gasteiger partial charge in [-0.1, -0.05) is 12.1 Å². The number of hydrogen-bond donors (Lipinski definition) is 2. The zero-order valence-corrected chi connectivity index (χ0v) is 12.3. The highest BCUT2D eigenvalue weighted by Crippen LogP contribution is 2.36. The maximum absolute atomic E-state index is 12.4. The highest BCUT2D eigenvalue weighted by atomic mass is 32.2. The summed E-state index contributed by atoms with van der Waals surface area (Å²) in [4.78, 5) is 13.8. The van der Waals surface area contributed by atoms with Gasteiger partial charge in [-0.15, -0.1) is 0 Å². The average Bonchev–Trinajstić information content (AvgIpc) is 3.04. The number of methoxy groups -OCH3 is 1. The van der Waals surface area contributed by atoms with Gasteiger partial charge in [0.25, 0.3) is 5.91 Å². The van der Waals surface area contributed by atoms with Crippen molar-refractivity contribution in [3.63, 3.8) is 0 Å². The quantitative estimate of drug-likeness (QED) is 0.827. The first kappa shape index (κ1) is 14.1. The van der Waals surface area contributed by atoms with Gasteiger partial charge in [0.15, 0.2) is 5.17 Å². The van der Waals surface area contributed by atoms with E-state index in [2.05, 4.69) is 14.9 Å². The smallest absolute Gasteiger partial charge is 0.272 e. The second kappa shape index (κ2) is 5.53. The normalized spacial score (nSPS) is 16.6. The molecule has 2 heterocycles. The Balaban J connectivity index is 1.90. The topological polar surface area (TPSA) is 118 Å². The number of rotatable bonds is 3. The summed E-state index contributed by atoms with van der Waals surface area (Å²) in [5.74, 6) is 0.321. The van der Waals surface area contributed by atoms with Gasteiger partial charge in [0.1, 0.15) is 5.75 Å². The predicted octanol–water partition coefficient (Wildman–Crippen LogP) is 1.72. The molecule has 1 amide bonds. The van der Waals surface area contributed by atoms with E-state index < -0.39 is 5.91 Å². The molecule has 1 aromatic carbocycles. The second-order valence-corrected chi connectivity index (χ2v) is 5.33. The molecule has 1 aliphatic heterocycles. The number of carbonyl (C=O) groups excluding carboxylic acids is 1. The van der Waals surface area contributed by atoms with Crippen LogP contribution in [0.15, 0.2) is 33.8 Å². The van der Waals surface area contributed by atoms with Crippen molar-refractivity contribution in [1.29, 1.82) is 5.41 Å². The molecular formula is C13H11N5O3S. The van der Waals surface area contributed by atoms with E-state index in [-0.39, 0.29) is 16.8 Å². The van der Waals surface area contributed by atoms with Crippen molar-refractivity contribution in [3.05, 3.63) is 34.7 Å². The molecule has 1 aromatic heterocycles. The predicted molar refractivity (Wildman–Crippen MR) is 82.5 cm³/mol. The molecule has 0 aliphatic carbocycles. The maximum Gasteiger partial charge on any atom is 0.272 e. The molecule has 2 aromatic rings. The van der Waals surface area contributed by atoms with Gasteiger partial charge in [-0.05, 0) is 45.8 Å². The standard InChI is InChI=1S/C13H11N5O3S/c1-20-8-4-2-7(3-5-8)6-9-12(19)18(13(15)22-9)11-10(14)16-21-17-11/h2-6,15H,1H3,(H2,14,16). The minimum Gasteiger partial charge on any atom is -0.497 e. The minimum absolute atomic E-state index is 0.00726. The number of nitrogens with one attached hydrogen (secondary N) is 1. The molecule has 8 nitrogen and oxygen atoms in total. The monoisotopic (exact) mass is 317 g/mol. The number of thioether (sulfide) groups is 1. The molecule has 1 saturated heterocycles. The van der Waals surface area contributed by atoms with Crippen molar-refractivity contribution in [2.45, 2.75) is 0 Å². The Morgan fingerprint density at radius 1 is 1.36 bits per heavy atom. The number of nitrogens with two attached hydrogens (primary N) is 1. The molecule has 3 N–H and O–H groups in total. The largest absolute Gasteiger partial charge is 0.497 e. The molecule has 22 heavy (non-hydrogen) atoms. The third-order valence-electron chi connectivity index (χ3n) is 2.94. The van der Waals surface area contributed by atoms with Crippen molar-refractivity contribution in [1.82, 2.24) is 10.3 Å². The lowest BCUT2D eigenvalue weighted by Crippen LogP contribution is -2.29. The number of amides is 1. The Bertz CT molecular complexity index is 768. The Kier molecular flexibility index (Phi) is 3.55. The van der Waals surface area contributed by atoms with Crippen LogP contribution in [0.5, 0.6) is 5.75 Å². The molecule has 9 heteroatoms. The number of hydrogen-bond acceptors (Lipinski definition) is 8. The first-order chi connectivity index (χ1) is 10.6. The van der Waals surface area contributed by atoms with Crippen LogP contribution in [0.2, 0.25) is 0 Å². The number of carbonyl (C=O) groups is 1. The summed E-state index contributed by atoms with van der Waals surface area (Å²) >= 11 is 1.02. The summed E-state index contributed by atoms with van der Waals surface area (Å²) in [5, 5.41) is 14.9. The Morgan fingerprint density at radius 2 is 2.09 bits per heavy atom. The number of amidine groups is 1. The SMILES string of the molecule is COc1ccc(C=C2SC(=N)N(c3nonc3N)C2=O)cc1. The van der Waals surface area contributed by atoms with Crippen LogP contribution in [0.4, 0.5) is 11.6 Å². The van der Waals surface area contributed by atoms with Gasteiger partial charge in [0, 0.05) is 0 Å². The van der Waals surface area contributed by atoms with E-state index in [9.17, 15) is 4.79 Å². The Labute approximate surface area is 129 Å². The van der Waals surface area contributed by atoms with Gasteiger partial charge in [0.2, 0.25) is 11.6 Å². The molecular weight excluding hydrogens is 306 g/mol. The minimum atomic E-state index is -0.395. The fourth-order valence-electron chi connectivity index (χ4n) is 1.88. The highest BCUT2D eigenvalue weighted by molar-refractivity contribution is 8.19. The summed E-state index contributed by atoms with van der Waals surface area (Å²) in [6, 6.07) is 7.22. The van der Waals surface area contributed by atoms with Gasteiger partial charge >= 0.3 is 0 Å². The molecule has 3 rings (SSSR count). The average molecular weight is 317 g/mol. The number of nitrogens with zero attached hydrogens (tertiary/aromatic N) is 3.